The van der Waals surface area contributed by atoms with Crippen molar-refractivity contribution in [2.24, 2.45) is 11.8 Å². The lowest BCUT2D eigenvalue weighted by Gasteiger charge is -2.18. The van der Waals surface area contributed by atoms with Crippen molar-refractivity contribution in [3.05, 3.63) is 34.4 Å². The number of sulfonamides is 1. The number of nitrogens with zero attached hydrogens (tertiary/aromatic N) is 2. The molecule has 0 saturated carbocycles. The van der Waals surface area contributed by atoms with Crippen LogP contribution < -0.4 is 0 Å². The Morgan fingerprint density at radius 2 is 1.79 bits per heavy atom. The number of nitro groups is 1. The van der Waals surface area contributed by atoms with E-state index in [4.69, 9.17) is 5.11 Å². The molecule has 1 saturated heterocycles. The first-order valence-corrected chi connectivity index (χ1v) is 7.92. The van der Waals surface area contributed by atoms with Gasteiger partial charge >= 0.3 is 12.1 Å². The number of rotatable bonds is 4. The molecule has 1 aliphatic heterocycles. The van der Waals surface area contributed by atoms with Crippen molar-refractivity contribution in [2.75, 3.05) is 13.1 Å². The van der Waals surface area contributed by atoms with Crippen molar-refractivity contribution in [1.82, 2.24) is 4.31 Å². The molecule has 1 aromatic carbocycles. The summed E-state index contributed by atoms with van der Waals surface area (Å²) in [5.74, 6) is -5.96. The van der Waals surface area contributed by atoms with E-state index in [1.54, 1.807) is 0 Å². The Hall–Kier alpha value is -2.21. The van der Waals surface area contributed by atoms with Gasteiger partial charge in [0, 0.05) is 25.2 Å². The van der Waals surface area contributed by atoms with E-state index in [9.17, 15) is 36.5 Å². The summed E-state index contributed by atoms with van der Waals surface area (Å²) >= 11 is 0. The van der Waals surface area contributed by atoms with Crippen LogP contribution in [0.25, 0.3) is 0 Å². The highest BCUT2D eigenvalue weighted by molar-refractivity contribution is 7.89. The van der Waals surface area contributed by atoms with Gasteiger partial charge in [-0.25, -0.2) is 8.42 Å². The molecule has 1 heterocycles. The first kappa shape index (κ1) is 18.1. The normalized spacial score (nSPS) is 22.5. The molecule has 1 N–H and O–H groups in total. The third kappa shape index (κ3) is 3.33. The topological polar surface area (TPSA) is 118 Å². The van der Waals surface area contributed by atoms with Crippen LogP contribution in [0.2, 0.25) is 0 Å². The summed E-state index contributed by atoms with van der Waals surface area (Å²) in [7, 11) is -4.39. The number of non-ortho nitro benzene ring substituents is 1. The van der Waals surface area contributed by atoms with E-state index in [-0.39, 0.29) is 5.69 Å². The second-order valence-corrected chi connectivity index (χ2v) is 7.10. The van der Waals surface area contributed by atoms with Gasteiger partial charge in [0.2, 0.25) is 10.0 Å². The summed E-state index contributed by atoms with van der Waals surface area (Å²) in [4.78, 5) is 20.3. The highest BCUT2D eigenvalue weighted by Crippen LogP contribution is 2.39. The van der Waals surface area contributed by atoms with Gasteiger partial charge in [-0.3, -0.25) is 14.9 Å². The number of alkyl halides is 3. The molecule has 1 aliphatic rings. The molecule has 0 amide bonds. The lowest BCUT2D eigenvalue weighted by atomic mass is 9.96. The molecule has 2 atom stereocenters. The van der Waals surface area contributed by atoms with Gasteiger partial charge in [0.05, 0.1) is 21.7 Å². The second-order valence-electron chi connectivity index (χ2n) is 5.17. The number of halogens is 3. The minimum absolute atomic E-state index is 0.382. The number of aliphatic carboxylic acids is 1. The standard InChI is InChI=1S/C12H11F3N2O6S/c13-12(14,15)10-6-16(5-9(10)11(18)19)24(22,23)8-3-1-7(2-4-8)17(20)21/h1-4,9-10H,5-6H2,(H,18,19)/t9-,10-/m1/s1. The van der Waals surface area contributed by atoms with Crippen LogP contribution in [0.3, 0.4) is 0 Å². The first-order valence-electron chi connectivity index (χ1n) is 6.48. The summed E-state index contributed by atoms with van der Waals surface area (Å²) in [6.07, 6.45) is -4.86. The highest BCUT2D eigenvalue weighted by atomic mass is 32.2. The number of carboxylic acids is 1. The summed E-state index contributed by atoms with van der Waals surface area (Å²) in [6, 6.07) is 3.59. The molecule has 0 spiro atoms. The predicted molar refractivity (Wildman–Crippen MR) is 72.5 cm³/mol. The maximum absolute atomic E-state index is 12.9. The SMILES string of the molecule is O=C(O)[C@@H]1CN(S(=O)(=O)c2ccc([N+](=O)[O-])cc2)C[C@H]1C(F)(F)F. The summed E-state index contributed by atoms with van der Waals surface area (Å²) in [5, 5.41) is 19.4. The Morgan fingerprint density at radius 3 is 2.17 bits per heavy atom. The van der Waals surface area contributed by atoms with Crippen LogP contribution in [0, 0.1) is 22.0 Å². The Bertz CT molecular complexity index is 762. The van der Waals surface area contributed by atoms with Crippen LogP contribution in [0.5, 0.6) is 0 Å². The molecule has 132 valence electrons. The van der Waals surface area contributed by atoms with Crippen LogP contribution >= 0.6 is 0 Å². The molecule has 1 fully saturated rings. The fourth-order valence-electron chi connectivity index (χ4n) is 2.43. The van der Waals surface area contributed by atoms with Gasteiger partial charge < -0.3 is 5.11 Å². The van der Waals surface area contributed by atoms with Gasteiger partial charge in [-0.15, -0.1) is 0 Å². The third-order valence-corrected chi connectivity index (χ3v) is 5.56. The number of nitro benzene ring substituents is 1. The van der Waals surface area contributed by atoms with E-state index in [1.807, 2.05) is 0 Å². The van der Waals surface area contributed by atoms with E-state index in [2.05, 4.69) is 0 Å². The van der Waals surface area contributed by atoms with E-state index in [0.29, 0.717) is 4.31 Å². The second kappa shape index (κ2) is 6.02. The van der Waals surface area contributed by atoms with Crippen LogP contribution in [0.4, 0.5) is 18.9 Å². The fourth-order valence-corrected chi connectivity index (χ4v) is 3.93. The van der Waals surface area contributed by atoms with Crippen molar-refractivity contribution in [3.8, 4) is 0 Å². The maximum Gasteiger partial charge on any atom is 0.393 e. The smallest absolute Gasteiger partial charge is 0.393 e. The molecular weight excluding hydrogens is 357 g/mol. The van der Waals surface area contributed by atoms with Gasteiger partial charge in [0.25, 0.3) is 5.69 Å². The summed E-state index contributed by atoms with van der Waals surface area (Å²) in [6.45, 7) is -1.83. The third-order valence-electron chi connectivity index (χ3n) is 3.71. The molecule has 1 aromatic rings. The van der Waals surface area contributed by atoms with Crippen LogP contribution in [-0.2, 0) is 14.8 Å². The quantitative estimate of drug-likeness (QED) is 0.635. The molecule has 24 heavy (non-hydrogen) atoms. The van der Waals surface area contributed by atoms with Crippen molar-refractivity contribution in [3.63, 3.8) is 0 Å². The van der Waals surface area contributed by atoms with Crippen molar-refractivity contribution >= 4 is 21.7 Å². The number of carbonyl (C=O) groups is 1. The van der Waals surface area contributed by atoms with Gasteiger partial charge in [-0.05, 0) is 12.1 Å². The minimum atomic E-state index is -4.86. The first-order chi connectivity index (χ1) is 10.9. The minimum Gasteiger partial charge on any atom is -0.481 e. The molecule has 12 heteroatoms. The van der Waals surface area contributed by atoms with Crippen LogP contribution in [0.15, 0.2) is 29.2 Å². The maximum atomic E-state index is 12.9. The van der Waals surface area contributed by atoms with Gasteiger partial charge in [-0.2, -0.15) is 17.5 Å². The zero-order chi connectivity index (χ0) is 18.3. The monoisotopic (exact) mass is 368 g/mol. The Kier molecular flexibility index (Phi) is 4.55. The molecular formula is C12H11F3N2O6S. The Labute approximate surface area is 133 Å². The van der Waals surface area contributed by atoms with Gasteiger partial charge in [0.1, 0.15) is 0 Å². The highest BCUT2D eigenvalue weighted by Gasteiger charge is 2.54. The van der Waals surface area contributed by atoms with Crippen molar-refractivity contribution in [2.45, 2.75) is 11.1 Å². The van der Waals surface area contributed by atoms with Crippen molar-refractivity contribution in [1.29, 1.82) is 0 Å². The molecule has 0 radical (unpaired) electrons. The average molecular weight is 368 g/mol. The van der Waals surface area contributed by atoms with E-state index in [0.717, 1.165) is 24.3 Å². The van der Waals surface area contributed by atoms with Gasteiger partial charge in [0.15, 0.2) is 0 Å². The number of carboxylic acid groups (broad SMARTS) is 1. The zero-order valence-corrected chi connectivity index (χ0v) is 12.6. The lowest BCUT2D eigenvalue weighted by molar-refractivity contribution is -0.384. The summed E-state index contributed by atoms with van der Waals surface area (Å²) < 4.78 is 63.9. The largest absolute Gasteiger partial charge is 0.481 e. The molecule has 0 aliphatic carbocycles. The Morgan fingerprint density at radius 1 is 1.25 bits per heavy atom. The molecule has 0 unspecified atom stereocenters. The average Bonchev–Trinajstić information content (AvgIpc) is 2.93. The number of hydrogen-bond donors (Lipinski definition) is 1. The molecule has 2 rings (SSSR count). The molecule has 0 bridgehead atoms. The van der Waals surface area contributed by atoms with Crippen LogP contribution in [0.1, 0.15) is 0 Å². The van der Waals surface area contributed by atoms with Crippen LogP contribution in [-0.4, -0.2) is 48.0 Å². The number of benzene rings is 1. The molecule has 0 aromatic heterocycles. The summed E-state index contributed by atoms with van der Waals surface area (Å²) in [5.41, 5.74) is -0.382. The van der Waals surface area contributed by atoms with Gasteiger partial charge in [-0.1, -0.05) is 0 Å². The fraction of sp³-hybridized carbons (Fsp3) is 0.417. The number of hydrogen-bond acceptors (Lipinski definition) is 5. The zero-order valence-electron chi connectivity index (χ0n) is 11.8. The Balaban J connectivity index is 2.33. The van der Waals surface area contributed by atoms with E-state index in [1.165, 1.54) is 0 Å². The van der Waals surface area contributed by atoms with Crippen molar-refractivity contribution < 1.29 is 36.4 Å². The molecule has 8 nitrogen and oxygen atoms in total. The predicted octanol–water partition coefficient (Wildman–Crippen LogP) is 1.48. The van der Waals surface area contributed by atoms with E-state index >= 15 is 0 Å². The van der Waals surface area contributed by atoms with E-state index < -0.39 is 56.9 Å². The lowest BCUT2D eigenvalue weighted by Crippen LogP contribution is -2.34.